The van der Waals surface area contributed by atoms with Gasteiger partial charge in [0.1, 0.15) is 0 Å². The SMILES string of the molecule is N#CNC(N)=NC1CCCC(C(=O)NCC(=O)NC(CC(=O)O)C2CC(Cl)CC(Cl)C2)C1. The first-order chi connectivity index (χ1) is 15.2. The highest BCUT2D eigenvalue weighted by molar-refractivity contribution is 6.23. The van der Waals surface area contributed by atoms with Crippen LogP contribution in [0, 0.1) is 23.3 Å². The van der Waals surface area contributed by atoms with Crippen LogP contribution in [0.4, 0.5) is 0 Å². The molecule has 5 atom stereocenters. The number of nitrogens with two attached hydrogens (primary N) is 1. The molecule has 0 heterocycles. The standard InChI is InChI=1S/C20H30Cl2N6O4/c21-13-4-12(5-14(22)7-13)16(8-18(30)31)28-17(29)9-25-19(32)11-2-1-3-15(6-11)27-20(24)26-10-23/h11-16H,1-9H2,(H,25,32)(H,28,29)(H,30,31)(H3,24,26,27). The number of alkyl halides is 2. The van der Waals surface area contributed by atoms with Crippen LogP contribution in [0.25, 0.3) is 0 Å². The van der Waals surface area contributed by atoms with Crippen molar-refractivity contribution in [2.75, 3.05) is 6.54 Å². The summed E-state index contributed by atoms with van der Waals surface area (Å²) in [7, 11) is 0. The predicted molar refractivity (Wildman–Crippen MR) is 120 cm³/mol. The number of carboxylic acid groups (broad SMARTS) is 1. The second-order valence-corrected chi connectivity index (χ2v) is 9.65. The van der Waals surface area contributed by atoms with E-state index in [2.05, 4.69) is 20.9 Å². The fraction of sp³-hybridized carbons (Fsp3) is 0.750. The third-order valence-corrected chi connectivity index (χ3v) is 6.60. The van der Waals surface area contributed by atoms with Crippen LogP contribution in [0.3, 0.4) is 0 Å². The number of hydrogen-bond acceptors (Lipinski definition) is 5. The van der Waals surface area contributed by atoms with E-state index in [1.807, 2.05) is 0 Å². The van der Waals surface area contributed by atoms with Crippen molar-refractivity contribution in [3.05, 3.63) is 0 Å². The fourth-order valence-electron chi connectivity index (χ4n) is 4.45. The zero-order valence-corrected chi connectivity index (χ0v) is 19.2. The Labute approximate surface area is 197 Å². The Morgan fingerprint density at radius 1 is 1.16 bits per heavy atom. The quantitative estimate of drug-likeness (QED) is 0.111. The van der Waals surface area contributed by atoms with Crippen molar-refractivity contribution < 1.29 is 19.5 Å². The summed E-state index contributed by atoms with van der Waals surface area (Å²) in [6.07, 6.45) is 5.93. The molecule has 2 fully saturated rings. The van der Waals surface area contributed by atoms with Crippen LogP contribution in [0.15, 0.2) is 4.99 Å². The molecule has 2 aliphatic carbocycles. The normalized spacial score (nSPS) is 29.3. The summed E-state index contributed by atoms with van der Waals surface area (Å²) in [4.78, 5) is 40.5. The second kappa shape index (κ2) is 12.7. The van der Waals surface area contributed by atoms with Gasteiger partial charge in [-0.05, 0) is 44.4 Å². The molecule has 12 heteroatoms. The zero-order valence-electron chi connectivity index (χ0n) is 17.7. The van der Waals surface area contributed by atoms with Gasteiger partial charge in [0.15, 0.2) is 6.19 Å². The molecule has 178 valence electrons. The summed E-state index contributed by atoms with van der Waals surface area (Å²) >= 11 is 12.5. The number of guanidine groups is 1. The third kappa shape index (κ3) is 8.71. The lowest BCUT2D eigenvalue weighted by molar-refractivity contribution is -0.138. The first kappa shape index (κ1) is 26.0. The summed E-state index contributed by atoms with van der Waals surface area (Å²) in [6, 6.07) is -0.781. The van der Waals surface area contributed by atoms with Crippen molar-refractivity contribution >= 4 is 46.9 Å². The molecule has 6 N–H and O–H groups in total. The monoisotopic (exact) mass is 488 g/mol. The van der Waals surface area contributed by atoms with Gasteiger partial charge in [-0.3, -0.25) is 19.7 Å². The number of nitriles is 1. The molecule has 2 amide bonds. The van der Waals surface area contributed by atoms with Crippen LogP contribution in [0.1, 0.15) is 51.4 Å². The average Bonchev–Trinajstić information content (AvgIpc) is 2.71. The number of nitrogens with one attached hydrogen (secondary N) is 3. The Morgan fingerprint density at radius 2 is 1.84 bits per heavy atom. The second-order valence-electron chi connectivity index (χ2n) is 8.42. The van der Waals surface area contributed by atoms with E-state index in [0.29, 0.717) is 32.1 Å². The molecule has 10 nitrogen and oxygen atoms in total. The van der Waals surface area contributed by atoms with E-state index in [1.54, 1.807) is 6.19 Å². The Bertz CT molecular complexity index is 749. The molecule has 0 aromatic heterocycles. The smallest absolute Gasteiger partial charge is 0.305 e. The van der Waals surface area contributed by atoms with Gasteiger partial charge in [0, 0.05) is 22.7 Å². The molecule has 2 aliphatic rings. The van der Waals surface area contributed by atoms with Gasteiger partial charge in [0.05, 0.1) is 19.0 Å². The summed E-state index contributed by atoms with van der Waals surface area (Å²) in [5.41, 5.74) is 5.60. The van der Waals surface area contributed by atoms with Gasteiger partial charge >= 0.3 is 5.97 Å². The number of carboxylic acids is 1. The van der Waals surface area contributed by atoms with E-state index in [-0.39, 0.29) is 53.5 Å². The highest BCUT2D eigenvalue weighted by Crippen LogP contribution is 2.34. The van der Waals surface area contributed by atoms with E-state index in [0.717, 1.165) is 12.8 Å². The summed E-state index contributed by atoms with van der Waals surface area (Å²) in [6.45, 7) is -0.251. The topological polar surface area (TPSA) is 170 Å². The number of carbonyl (C=O) groups is 3. The third-order valence-electron chi connectivity index (χ3n) is 5.88. The molecule has 2 saturated carbocycles. The molecular formula is C20H30Cl2N6O4. The van der Waals surface area contributed by atoms with Crippen LogP contribution in [0.5, 0.6) is 0 Å². The van der Waals surface area contributed by atoms with Crippen molar-refractivity contribution in [1.82, 2.24) is 16.0 Å². The number of carbonyl (C=O) groups excluding carboxylic acids is 2. The van der Waals surface area contributed by atoms with E-state index >= 15 is 0 Å². The number of halogens is 2. The number of nitrogens with zero attached hydrogens (tertiary/aromatic N) is 2. The number of aliphatic carboxylic acids is 1. The lowest BCUT2D eigenvalue weighted by atomic mass is 9.82. The molecule has 0 aromatic carbocycles. The van der Waals surface area contributed by atoms with Crippen LogP contribution in [-0.2, 0) is 14.4 Å². The average molecular weight is 489 g/mol. The van der Waals surface area contributed by atoms with Crippen molar-refractivity contribution in [2.45, 2.75) is 74.2 Å². The Kier molecular flexibility index (Phi) is 10.3. The largest absolute Gasteiger partial charge is 0.481 e. The van der Waals surface area contributed by atoms with Crippen molar-refractivity contribution in [1.29, 1.82) is 5.26 Å². The molecule has 32 heavy (non-hydrogen) atoms. The molecule has 0 radical (unpaired) electrons. The lowest BCUT2D eigenvalue weighted by Crippen LogP contribution is -2.48. The lowest BCUT2D eigenvalue weighted by Gasteiger charge is -2.34. The van der Waals surface area contributed by atoms with Crippen LogP contribution in [0.2, 0.25) is 0 Å². The van der Waals surface area contributed by atoms with E-state index < -0.39 is 17.9 Å². The number of amides is 2. The molecule has 0 aromatic rings. The Hall–Kier alpha value is -2.25. The first-order valence-corrected chi connectivity index (χ1v) is 11.6. The number of aliphatic imine (C=N–C) groups is 1. The number of rotatable bonds is 8. The molecule has 5 unspecified atom stereocenters. The predicted octanol–water partition coefficient (Wildman–Crippen LogP) is 1.02. The molecular weight excluding hydrogens is 459 g/mol. The van der Waals surface area contributed by atoms with Gasteiger partial charge in [-0.1, -0.05) is 6.42 Å². The maximum absolute atomic E-state index is 12.5. The highest BCUT2D eigenvalue weighted by Gasteiger charge is 2.34. The molecule has 0 saturated heterocycles. The van der Waals surface area contributed by atoms with E-state index in [1.165, 1.54) is 0 Å². The number of hydrogen-bond donors (Lipinski definition) is 5. The molecule has 0 spiro atoms. The van der Waals surface area contributed by atoms with Crippen LogP contribution in [-0.4, -0.2) is 58.2 Å². The van der Waals surface area contributed by atoms with E-state index in [9.17, 15) is 19.5 Å². The minimum atomic E-state index is -1.03. The molecule has 2 rings (SSSR count). The van der Waals surface area contributed by atoms with Gasteiger partial charge < -0.3 is 21.5 Å². The van der Waals surface area contributed by atoms with Crippen molar-refractivity contribution in [2.24, 2.45) is 22.6 Å². The van der Waals surface area contributed by atoms with Crippen LogP contribution >= 0.6 is 23.2 Å². The fourth-order valence-corrected chi connectivity index (χ4v) is 5.43. The van der Waals surface area contributed by atoms with Crippen molar-refractivity contribution in [3.8, 4) is 6.19 Å². The van der Waals surface area contributed by atoms with Gasteiger partial charge in [0.2, 0.25) is 17.8 Å². The van der Waals surface area contributed by atoms with Gasteiger partial charge in [-0.25, -0.2) is 4.99 Å². The van der Waals surface area contributed by atoms with Crippen LogP contribution < -0.4 is 21.7 Å². The maximum atomic E-state index is 12.5. The van der Waals surface area contributed by atoms with Crippen molar-refractivity contribution in [3.63, 3.8) is 0 Å². The Balaban J connectivity index is 1.86. The minimum absolute atomic E-state index is 0.0171. The maximum Gasteiger partial charge on any atom is 0.305 e. The van der Waals surface area contributed by atoms with Gasteiger partial charge in [0.25, 0.3) is 0 Å². The summed E-state index contributed by atoms with van der Waals surface area (Å²) < 4.78 is 0. The molecule has 0 bridgehead atoms. The Morgan fingerprint density at radius 3 is 2.47 bits per heavy atom. The summed E-state index contributed by atoms with van der Waals surface area (Å²) in [5.74, 6) is -2.19. The summed E-state index contributed by atoms with van der Waals surface area (Å²) in [5, 5.41) is 25.1. The minimum Gasteiger partial charge on any atom is -0.481 e. The zero-order chi connectivity index (χ0) is 23.7. The first-order valence-electron chi connectivity index (χ1n) is 10.7. The van der Waals surface area contributed by atoms with Gasteiger partial charge in [-0.15, -0.1) is 23.2 Å². The van der Waals surface area contributed by atoms with E-state index in [4.69, 9.17) is 34.2 Å². The molecule has 0 aliphatic heterocycles. The van der Waals surface area contributed by atoms with Gasteiger partial charge in [-0.2, -0.15) is 5.26 Å². The highest BCUT2D eigenvalue weighted by atomic mass is 35.5.